The van der Waals surface area contributed by atoms with Gasteiger partial charge in [0.25, 0.3) is 0 Å². The quantitative estimate of drug-likeness (QED) is 0.199. The molecule has 0 bridgehead atoms. The van der Waals surface area contributed by atoms with Gasteiger partial charge in [-0.3, -0.25) is 4.57 Å². The van der Waals surface area contributed by atoms with Crippen molar-refractivity contribution >= 4 is 70.7 Å². The normalized spacial score (nSPS) is 12.2. The smallest absolute Gasteiger partial charge is 0.162 e. The van der Waals surface area contributed by atoms with Gasteiger partial charge in [-0.25, -0.2) is 9.97 Å². The molecule has 7 aromatic carbocycles. The Balaban J connectivity index is 1.25. The van der Waals surface area contributed by atoms with E-state index in [-0.39, 0.29) is 0 Å². The average Bonchev–Trinajstić information content (AvgIpc) is 3.79. The van der Waals surface area contributed by atoms with Gasteiger partial charge in [0.2, 0.25) is 0 Å². The third kappa shape index (κ3) is 3.43. The molecule has 4 nitrogen and oxygen atoms in total. The number of hydrogen-bond donors (Lipinski definition) is 0. The highest BCUT2D eigenvalue weighted by atomic mass is 15.1. The number of benzene rings is 7. The largest absolute Gasteiger partial charge is 0.308 e. The maximum absolute atomic E-state index is 5.23. The van der Waals surface area contributed by atoms with E-state index in [9.17, 15) is 0 Å². The zero-order valence-electron chi connectivity index (χ0n) is 25.8. The predicted molar refractivity (Wildman–Crippen MR) is 199 cm³/mol. The first-order valence-corrected chi connectivity index (χ1v) is 16.3. The molecule has 4 heterocycles. The Kier molecular flexibility index (Phi) is 5.08. The van der Waals surface area contributed by atoms with Gasteiger partial charge in [-0.05, 0) is 41.1 Å². The van der Waals surface area contributed by atoms with E-state index in [1.165, 1.54) is 59.6 Å². The second-order valence-electron chi connectivity index (χ2n) is 12.6. The molecule has 0 atom stereocenters. The highest BCUT2D eigenvalue weighted by Crippen LogP contribution is 2.43. The molecular weight excluding hydrogens is 585 g/mol. The molecule has 4 heteroatoms. The van der Waals surface area contributed by atoms with Crippen LogP contribution >= 0.6 is 0 Å². The lowest BCUT2D eigenvalue weighted by atomic mass is 10.0. The molecule has 0 amide bonds. The molecule has 11 rings (SSSR count). The molecule has 0 aliphatic carbocycles. The van der Waals surface area contributed by atoms with Gasteiger partial charge in [0, 0.05) is 49.5 Å². The highest BCUT2D eigenvalue weighted by molar-refractivity contribution is 6.28. The van der Waals surface area contributed by atoms with Crippen molar-refractivity contribution in [3.63, 3.8) is 0 Å². The Bertz CT molecular complexity index is 2990. The van der Waals surface area contributed by atoms with Crippen molar-refractivity contribution in [1.29, 1.82) is 0 Å². The Morgan fingerprint density at radius 1 is 0.396 bits per heavy atom. The first-order valence-electron chi connectivity index (χ1n) is 16.3. The maximum Gasteiger partial charge on any atom is 0.162 e. The minimum atomic E-state index is 0.707. The molecule has 222 valence electrons. The number of nitrogens with zero attached hydrogens (tertiary/aromatic N) is 4. The molecule has 0 aliphatic heterocycles. The summed E-state index contributed by atoms with van der Waals surface area (Å²) in [5.41, 5.74) is 8.99. The number of aromatic nitrogens is 4. The molecule has 0 fully saturated rings. The van der Waals surface area contributed by atoms with Gasteiger partial charge in [0.15, 0.2) is 5.82 Å². The molecule has 0 saturated carbocycles. The van der Waals surface area contributed by atoms with Crippen LogP contribution in [0.5, 0.6) is 0 Å². The Morgan fingerprint density at radius 3 is 1.88 bits per heavy atom. The fourth-order valence-corrected chi connectivity index (χ4v) is 7.98. The number of hydrogen-bond acceptors (Lipinski definition) is 2. The van der Waals surface area contributed by atoms with Crippen LogP contribution in [-0.2, 0) is 0 Å². The molecule has 0 N–H and O–H groups in total. The van der Waals surface area contributed by atoms with Crippen LogP contribution in [0, 0.1) is 0 Å². The lowest BCUT2D eigenvalue weighted by Gasteiger charge is -2.12. The minimum Gasteiger partial charge on any atom is -0.308 e. The number of fused-ring (bicyclic) bond motifs is 11. The van der Waals surface area contributed by atoms with Crippen molar-refractivity contribution < 1.29 is 0 Å². The van der Waals surface area contributed by atoms with E-state index >= 15 is 0 Å². The van der Waals surface area contributed by atoms with Gasteiger partial charge in [-0.15, -0.1) is 0 Å². The van der Waals surface area contributed by atoms with Crippen molar-refractivity contribution in [1.82, 2.24) is 18.9 Å². The molecule has 4 aromatic heterocycles. The van der Waals surface area contributed by atoms with Gasteiger partial charge >= 0.3 is 0 Å². The zero-order valence-corrected chi connectivity index (χ0v) is 25.8. The van der Waals surface area contributed by atoms with Crippen molar-refractivity contribution in [3.8, 4) is 28.5 Å². The minimum absolute atomic E-state index is 0.707. The van der Waals surface area contributed by atoms with Crippen LogP contribution in [0.15, 0.2) is 158 Å². The first-order chi connectivity index (χ1) is 23.8. The topological polar surface area (TPSA) is 35.1 Å². The lowest BCUT2D eigenvalue weighted by molar-refractivity contribution is 1.05. The van der Waals surface area contributed by atoms with Gasteiger partial charge in [-0.2, -0.15) is 0 Å². The van der Waals surface area contributed by atoms with Crippen LogP contribution in [0.1, 0.15) is 0 Å². The molecule has 0 aliphatic rings. The van der Waals surface area contributed by atoms with Crippen molar-refractivity contribution in [2.75, 3.05) is 0 Å². The summed E-state index contributed by atoms with van der Waals surface area (Å²) in [4.78, 5) is 10.3. The standard InChI is InChI=1S/C44H26N4/c1-3-12-27(13-4-1)36-26-41(46-44(45-36)28-14-5-2-6-15-28)47-38-21-10-8-17-33(38)42-34-25-35-32-19-11-18-31-30-16-7-9-20-37(30)48(43(31)32)40(35)24-29(34)22-23-39(42)47/h1-26H. The second-order valence-corrected chi connectivity index (χ2v) is 12.6. The van der Waals surface area contributed by atoms with E-state index in [1.54, 1.807) is 0 Å². The Morgan fingerprint density at radius 2 is 1.06 bits per heavy atom. The SMILES string of the molecule is c1ccc(-c2cc(-n3c4ccccc4c4c5cc6c7cccc8c9ccccc9n(c6cc5ccc43)c87)nc(-c3ccccc3)n2)cc1. The van der Waals surface area contributed by atoms with E-state index in [2.05, 4.69) is 142 Å². The van der Waals surface area contributed by atoms with Crippen LogP contribution < -0.4 is 0 Å². The number of rotatable bonds is 3. The molecule has 0 spiro atoms. The van der Waals surface area contributed by atoms with Gasteiger partial charge in [0.05, 0.1) is 33.3 Å². The summed E-state index contributed by atoms with van der Waals surface area (Å²) >= 11 is 0. The number of para-hydroxylation sites is 3. The molecular formula is C44H26N4. The van der Waals surface area contributed by atoms with E-state index < -0.39 is 0 Å². The van der Waals surface area contributed by atoms with E-state index in [0.717, 1.165) is 33.7 Å². The van der Waals surface area contributed by atoms with Gasteiger partial charge in [-0.1, -0.05) is 121 Å². The highest BCUT2D eigenvalue weighted by Gasteiger charge is 2.21. The van der Waals surface area contributed by atoms with Gasteiger partial charge < -0.3 is 4.40 Å². The fraction of sp³-hybridized carbons (Fsp3) is 0. The summed E-state index contributed by atoms with van der Waals surface area (Å²) < 4.78 is 4.77. The summed E-state index contributed by atoms with van der Waals surface area (Å²) in [7, 11) is 0. The second kappa shape index (κ2) is 9.50. The Labute approximate surface area is 275 Å². The maximum atomic E-state index is 5.23. The summed E-state index contributed by atoms with van der Waals surface area (Å²) in [6.45, 7) is 0. The molecule has 0 unspecified atom stereocenters. The van der Waals surface area contributed by atoms with Crippen LogP contribution in [-0.4, -0.2) is 18.9 Å². The van der Waals surface area contributed by atoms with E-state index in [1.807, 2.05) is 24.3 Å². The van der Waals surface area contributed by atoms with Crippen LogP contribution in [0.2, 0.25) is 0 Å². The summed E-state index contributed by atoms with van der Waals surface area (Å²) in [5, 5.41) is 10.1. The van der Waals surface area contributed by atoms with Gasteiger partial charge in [0.1, 0.15) is 5.82 Å². The molecule has 48 heavy (non-hydrogen) atoms. The third-order valence-electron chi connectivity index (χ3n) is 10.0. The monoisotopic (exact) mass is 610 g/mol. The summed E-state index contributed by atoms with van der Waals surface area (Å²) in [6.07, 6.45) is 0. The third-order valence-corrected chi connectivity index (χ3v) is 10.0. The van der Waals surface area contributed by atoms with E-state index in [0.29, 0.717) is 5.82 Å². The summed E-state index contributed by atoms with van der Waals surface area (Å²) in [6, 6.07) is 56.3. The fourth-order valence-electron chi connectivity index (χ4n) is 7.98. The Hall–Kier alpha value is -6.52. The predicted octanol–water partition coefficient (Wildman–Crippen LogP) is 11.2. The van der Waals surface area contributed by atoms with E-state index in [4.69, 9.17) is 9.97 Å². The first kappa shape index (κ1) is 25.6. The molecule has 0 saturated heterocycles. The average molecular weight is 611 g/mol. The zero-order chi connectivity index (χ0) is 31.3. The lowest BCUT2D eigenvalue weighted by Crippen LogP contribution is -2.02. The molecule has 11 aromatic rings. The van der Waals surface area contributed by atoms with Crippen LogP contribution in [0.3, 0.4) is 0 Å². The van der Waals surface area contributed by atoms with Crippen LogP contribution in [0.25, 0.3) is 99.1 Å². The van der Waals surface area contributed by atoms with Crippen molar-refractivity contribution in [2.24, 2.45) is 0 Å². The molecule has 0 radical (unpaired) electrons. The summed E-state index contributed by atoms with van der Waals surface area (Å²) in [5.74, 6) is 1.56. The van der Waals surface area contributed by atoms with Crippen LogP contribution in [0.4, 0.5) is 0 Å². The van der Waals surface area contributed by atoms with Crippen molar-refractivity contribution in [2.45, 2.75) is 0 Å². The van der Waals surface area contributed by atoms with Crippen molar-refractivity contribution in [3.05, 3.63) is 158 Å².